The van der Waals surface area contributed by atoms with Crippen LogP contribution < -0.4 is 16.1 Å². The third-order valence-corrected chi connectivity index (χ3v) is 8.66. The lowest BCUT2D eigenvalue weighted by atomic mass is 9.89. The zero-order valence-corrected chi connectivity index (χ0v) is 26.3. The molecule has 3 atom stereocenters. The summed E-state index contributed by atoms with van der Waals surface area (Å²) in [4.78, 5) is 60.9. The largest absolute Gasteiger partial charge is 0.481 e. The average molecular weight is 627 g/mol. The van der Waals surface area contributed by atoms with E-state index in [1.165, 1.54) is 0 Å². The van der Waals surface area contributed by atoms with Crippen LogP contribution in [-0.4, -0.2) is 70.9 Å². The first-order valence-electron chi connectivity index (χ1n) is 15.9. The Morgan fingerprint density at radius 2 is 1.61 bits per heavy atom. The fourth-order valence-electron chi connectivity index (χ4n) is 6.19. The number of amides is 2. The zero-order valence-electron chi connectivity index (χ0n) is 26.3. The van der Waals surface area contributed by atoms with Gasteiger partial charge in [0.2, 0.25) is 0 Å². The van der Waals surface area contributed by atoms with Crippen LogP contribution in [0.3, 0.4) is 0 Å². The Kier molecular flexibility index (Phi) is 10.5. The van der Waals surface area contributed by atoms with Crippen LogP contribution in [0.1, 0.15) is 55.5 Å². The second-order valence-electron chi connectivity index (χ2n) is 12.5. The first-order chi connectivity index (χ1) is 22.1. The van der Waals surface area contributed by atoms with E-state index in [-0.39, 0.29) is 30.6 Å². The van der Waals surface area contributed by atoms with Crippen molar-refractivity contribution in [1.29, 1.82) is 0 Å². The van der Waals surface area contributed by atoms with E-state index in [1.54, 1.807) is 12.1 Å². The van der Waals surface area contributed by atoms with Crippen LogP contribution in [0, 0.1) is 5.92 Å². The number of carboxylic acid groups (broad SMARTS) is 1. The van der Waals surface area contributed by atoms with Crippen LogP contribution in [0.15, 0.2) is 84.6 Å². The van der Waals surface area contributed by atoms with E-state index in [0.717, 1.165) is 48.7 Å². The van der Waals surface area contributed by atoms with Crippen LogP contribution in [0.4, 0.5) is 0 Å². The molecule has 5 rings (SSSR count). The van der Waals surface area contributed by atoms with Gasteiger partial charge < -0.3 is 15.7 Å². The number of carbonyl (C=O) groups excluding carboxylic acids is 3. The topological polar surface area (TPSA) is 137 Å². The predicted octanol–water partition coefficient (Wildman–Crippen LogP) is 4.01. The first-order valence-corrected chi connectivity index (χ1v) is 15.9. The van der Waals surface area contributed by atoms with Gasteiger partial charge in [0.15, 0.2) is 11.4 Å². The molecule has 1 saturated heterocycles. The summed E-state index contributed by atoms with van der Waals surface area (Å²) in [6.45, 7) is 5.50. The quantitative estimate of drug-likeness (QED) is 0.224. The van der Waals surface area contributed by atoms with Gasteiger partial charge in [-0.25, -0.2) is 0 Å². The van der Waals surface area contributed by atoms with E-state index in [4.69, 9.17) is 4.84 Å². The third kappa shape index (κ3) is 7.81. The first kappa shape index (κ1) is 32.8. The molecule has 242 valence electrons. The minimum Gasteiger partial charge on any atom is -0.481 e. The number of fused-ring (bicyclic) bond motifs is 1. The maximum Gasteiger partial charge on any atom is 0.305 e. The van der Waals surface area contributed by atoms with Gasteiger partial charge in [-0.1, -0.05) is 87.0 Å². The SMILES string of the molecule is CC(C)[C@H](NC(=O)c1cccc2ccccc12)C1=CC(Cc2ccccc2)(C(=O)N[C@@H](CC(=O)O)C(=O)CN2CCCCC2)ON1. The van der Waals surface area contributed by atoms with E-state index < -0.39 is 36.0 Å². The normalized spacial score (nSPS) is 19.6. The van der Waals surface area contributed by atoms with Crippen molar-refractivity contribution in [2.24, 2.45) is 5.92 Å². The molecule has 1 fully saturated rings. The number of nitrogens with one attached hydrogen (secondary N) is 3. The molecular formula is C36H42N4O6. The Hall–Kier alpha value is -4.54. The number of piperidine rings is 1. The Morgan fingerprint density at radius 1 is 0.913 bits per heavy atom. The predicted molar refractivity (Wildman–Crippen MR) is 175 cm³/mol. The molecule has 2 aliphatic rings. The second-order valence-corrected chi connectivity index (χ2v) is 12.5. The molecule has 2 amide bonds. The summed E-state index contributed by atoms with van der Waals surface area (Å²) >= 11 is 0. The van der Waals surface area contributed by atoms with Crippen molar-refractivity contribution < 1.29 is 29.1 Å². The summed E-state index contributed by atoms with van der Waals surface area (Å²) in [7, 11) is 0. The summed E-state index contributed by atoms with van der Waals surface area (Å²) in [5.74, 6) is -2.55. The molecule has 3 aromatic carbocycles. The van der Waals surface area contributed by atoms with E-state index >= 15 is 0 Å². The van der Waals surface area contributed by atoms with Crippen molar-refractivity contribution in [2.45, 2.75) is 63.6 Å². The highest BCUT2D eigenvalue weighted by Gasteiger charge is 2.46. The highest BCUT2D eigenvalue weighted by Crippen LogP contribution is 2.30. The number of aliphatic carboxylic acids is 1. The molecule has 0 saturated carbocycles. The number of carbonyl (C=O) groups is 4. The molecule has 4 N–H and O–H groups in total. The average Bonchev–Trinajstić information content (AvgIpc) is 3.48. The summed E-state index contributed by atoms with van der Waals surface area (Å²) in [6.07, 6.45) is 4.27. The monoisotopic (exact) mass is 626 g/mol. The Bertz CT molecular complexity index is 1600. The fourth-order valence-corrected chi connectivity index (χ4v) is 6.19. The molecule has 2 heterocycles. The van der Waals surface area contributed by atoms with Crippen molar-refractivity contribution in [3.05, 3.63) is 95.7 Å². The van der Waals surface area contributed by atoms with Crippen molar-refractivity contribution in [2.75, 3.05) is 19.6 Å². The molecule has 0 aliphatic carbocycles. The number of hydroxylamine groups is 1. The van der Waals surface area contributed by atoms with E-state index in [1.807, 2.05) is 85.5 Å². The third-order valence-electron chi connectivity index (χ3n) is 8.66. The van der Waals surface area contributed by atoms with Crippen molar-refractivity contribution in [1.82, 2.24) is 21.0 Å². The number of benzene rings is 3. The maximum absolute atomic E-state index is 14.1. The summed E-state index contributed by atoms with van der Waals surface area (Å²) < 4.78 is 0. The highest BCUT2D eigenvalue weighted by molar-refractivity contribution is 6.07. The van der Waals surface area contributed by atoms with Gasteiger partial charge in [-0.3, -0.25) is 34.4 Å². The Labute approximate surface area is 269 Å². The number of nitrogens with zero attached hydrogens (tertiary/aromatic N) is 1. The molecule has 10 heteroatoms. The number of Topliss-reactive ketones (excluding diaryl/α,β-unsaturated/α-hetero) is 1. The molecule has 0 radical (unpaired) electrons. The summed E-state index contributed by atoms with van der Waals surface area (Å²) in [5, 5.41) is 17.2. The van der Waals surface area contributed by atoms with Crippen molar-refractivity contribution >= 4 is 34.3 Å². The van der Waals surface area contributed by atoms with Gasteiger partial charge in [0.05, 0.1) is 30.7 Å². The number of ketones is 1. The lowest BCUT2D eigenvalue weighted by Gasteiger charge is -2.29. The van der Waals surface area contributed by atoms with Gasteiger partial charge in [0.1, 0.15) is 0 Å². The van der Waals surface area contributed by atoms with E-state index in [0.29, 0.717) is 11.3 Å². The van der Waals surface area contributed by atoms with E-state index in [2.05, 4.69) is 16.1 Å². The van der Waals surface area contributed by atoms with Crippen LogP contribution >= 0.6 is 0 Å². The molecule has 3 aromatic rings. The van der Waals surface area contributed by atoms with Gasteiger partial charge in [0, 0.05) is 12.0 Å². The lowest BCUT2D eigenvalue weighted by Crippen LogP contribution is -2.55. The molecule has 2 aliphatic heterocycles. The second kappa shape index (κ2) is 14.7. The fraction of sp³-hybridized carbons (Fsp3) is 0.389. The number of likely N-dealkylation sites (tertiary alicyclic amines) is 1. The molecule has 10 nitrogen and oxygen atoms in total. The minimum atomic E-state index is -1.61. The highest BCUT2D eigenvalue weighted by atomic mass is 16.7. The minimum absolute atomic E-state index is 0.0692. The number of carboxylic acids is 1. The van der Waals surface area contributed by atoms with Gasteiger partial charge in [0.25, 0.3) is 11.8 Å². The smallest absolute Gasteiger partial charge is 0.305 e. The standard InChI is InChI=1S/C36H42N4O6/c1-24(2)33(38-34(44)28-17-11-15-26-14-7-8-16-27(26)28)30-22-36(46-39-30,21-25-12-5-3-6-13-25)35(45)37-29(20-32(42)43)31(41)23-40-18-9-4-10-19-40/h3,5-8,11-17,22,24,29,33,39H,4,9-10,18-21,23H2,1-2H3,(H,37,45)(H,38,44)(H,42,43)/t29-,33-,36?/m0/s1. The molecule has 0 spiro atoms. The Morgan fingerprint density at radius 3 is 2.33 bits per heavy atom. The number of hydrogen-bond acceptors (Lipinski definition) is 7. The lowest BCUT2D eigenvalue weighted by molar-refractivity contribution is -0.148. The van der Waals surface area contributed by atoms with E-state index in [9.17, 15) is 24.3 Å². The van der Waals surface area contributed by atoms with Gasteiger partial charge in [-0.15, -0.1) is 0 Å². The van der Waals surface area contributed by atoms with Crippen LogP contribution in [0.5, 0.6) is 0 Å². The summed E-state index contributed by atoms with van der Waals surface area (Å²) in [5.41, 5.74) is 3.11. The van der Waals surface area contributed by atoms with Crippen LogP contribution in [0.2, 0.25) is 0 Å². The van der Waals surface area contributed by atoms with Gasteiger partial charge >= 0.3 is 5.97 Å². The van der Waals surface area contributed by atoms with Crippen LogP contribution in [0.25, 0.3) is 10.8 Å². The van der Waals surface area contributed by atoms with Crippen molar-refractivity contribution in [3.63, 3.8) is 0 Å². The summed E-state index contributed by atoms with van der Waals surface area (Å²) in [6, 6.07) is 20.8. The molecule has 0 aromatic heterocycles. The molecular weight excluding hydrogens is 584 g/mol. The van der Waals surface area contributed by atoms with Crippen LogP contribution in [-0.2, 0) is 25.6 Å². The maximum atomic E-state index is 14.1. The molecule has 0 bridgehead atoms. The molecule has 46 heavy (non-hydrogen) atoms. The van der Waals surface area contributed by atoms with Crippen molar-refractivity contribution in [3.8, 4) is 0 Å². The zero-order chi connectivity index (χ0) is 32.7. The number of rotatable bonds is 13. The number of hydrogen-bond donors (Lipinski definition) is 4. The molecule has 1 unspecified atom stereocenters. The van der Waals surface area contributed by atoms with Gasteiger partial charge in [-0.05, 0) is 60.3 Å². The van der Waals surface area contributed by atoms with Gasteiger partial charge in [-0.2, -0.15) is 0 Å². The Balaban J connectivity index is 1.42.